The van der Waals surface area contributed by atoms with Crippen LogP contribution in [0.1, 0.15) is 90.9 Å². The van der Waals surface area contributed by atoms with Crippen molar-refractivity contribution in [3.63, 3.8) is 0 Å². The van der Waals surface area contributed by atoms with Gasteiger partial charge in [0.25, 0.3) is 0 Å². The van der Waals surface area contributed by atoms with Crippen LogP contribution in [0.4, 0.5) is 0 Å². The van der Waals surface area contributed by atoms with Gasteiger partial charge in [-0.3, -0.25) is 0 Å². The van der Waals surface area contributed by atoms with E-state index in [1.54, 1.807) is 0 Å². The topological polar surface area (TPSA) is 52.6 Å². The van der Waals surface area contributed by atoms with E-state index in [0.29, 0.717) is 13.2 Å². The Morgan fingerprint density at radius 3 is 1.27 bits per heavy atom. The van der Waals surface area contributed by atoms with Gasteiger partial charge >= 0.3 is 11.9 Å². The molecule has 0 fully saturated rings. The van der Waals surface area contributed by atoms with E-state index in [1.165, 1.54) is 63.5 Å². The molecule has 4 heteroatoms. The van der Waals surface area contributed by atoms with Crippen molar-refractivity contribution in [2.45, 2.75) is 90.9 Å². The molecule has 0 unspecified atom stereocenters. The van der Waals surface area contributed by atoms with Crippen molar-refractivity contribution in [2.24, 2.45) is 0 Å². The van der Waals surface area contributed by atoms with Crippen LogP contribution < -0.4 is 0 Å². The molecule has 0 aromatic carbocycles. The molecule has 0 atom stereocenters. The van der Waals surface area contributed by atoms with Crippen LogP contribution in [0.5, 0.6) is 0 Å². The monoisotopic (exact) mass is 368 g/mol. The first kappa shape index (κ1) is 26.6. The summed E-state index contributed by atoms with van der Waals surface area (Å²) in [4.78, 5) is 21.2. The number of unbranched alkanes of at least 4 members (excludes halogenated alkanes) is 10. The highest BCUT2D eigenvalue weighted by Crippen LogP contribution is 2.08. The highest BCUT2D eigenvalue weighted by molar-refractivity contribution is 5.81. The molecule has 0 N–H and O–H groups in total. The maximum absolute atomic E-state index is 10.7. The Morgan fingerprint density at radius 2 is 0.923 bits per heavy atom. The molecular formula is C22H40O4. The Labute approximate surface area is 161 Å². The van der Waals surface area contributed by atoms with Crippen molar-refractivity contribution in [3.8, 4) is 0 Å². The molecule has 0 amide bonds. The van der Waals surface area contributed by atoms with Crippen molar-refractivity contribution < 1.29 is 19.1 Å². The Bertz CT molecular complexity index is 350. The minimum Gasteiger partial charge on any atom is -0.463 e. The summed E-state index contributed by atoms with van der Waals surface area (Å²) in [6, 6.07) is 0. The first-order valence-electron chi connectivity index (χ1n) is 10.2. The summed E-state index contributed by atoms with van der Waals surface area (Å²) in [5.41, 5.74) is 0. The first-order valence-corrected chi connectivity index (χ1v) is 10.2. The van der Waals surface area contributed by atoms with Gasteiger partial charge in [-0.15, -0.1) is 0 Å². The number of hydrogen-bond acceptors (Lipinski definition) is 4. The van der Waals surface area contributed by atoms with Crippen LogP contribution in [0.3, 0.4) is 0 Å². The van der Waals surface area contributed by atoms with Crippen LogP contribution >= 0.6 is 0 Å². The summed E-state index contributed by atoms with van der Waals surface area (Å²) >= 11 is 0. The second kappa shape index (κ2) is 23.4. The number of ether oxygens (including phenoxy) is 2. The quantitative estimate of drug-likeness (QED) is 0.186. The van der Waals surface area contributed by atoms with Crippen molar-refractivity contribution in [1.82, 2.24) is 0 Å². The molecule has 0 heterocycles. The fraction of sp³-hybridized carbons (Fsp3) is 0.727. The summed E-state index contributed by atoms with van der Waals surface area (Å²) in [6.07, 6.45) is 17.0. The predicted octanol–water partition coefficient (Wildman–Crippen LogP) is 6.15. The number of rotatable bonds is 16. The molecule has 0 saturated carbocycles. The third-order valence-corrected chi connectivity index (χ3v) is 3.82. The maximum atomic E-state index is 10.7. The van der Waals surface area contributed by atoms with Crippen LogP contribution in [-0.2, 0) is 19.1 Å². The van der Waals surface area contributed by atoms with Gasteiger partial charge in [0.2, 0.25) is 0 Å². The lowest BCUT2D eigenvalue weighted by Crippen LogP contribution is -2.01. The molecule has 152 valence electrons. The average molecular weight is 369 g/mol. The minimum atomic E-state index is -0.318. The lowest BCUT2D eigenvalue weighted by molar-refractivity contribution is -0.138. The highest BCUT2D eigenvalue weighted by Gasteiger charge is 1.95. The van der Waals surface area contributed by atoms with E-state index in [-0.39, 0.29) is 11.9 Å². The fourth-order valence-corrected chi connectivity index (χ4v) is 2.23. The molecule has 26 heavy (non-hydrogen) atoms. The van der Waals surface area contributed by atoms with Gasteiger partial charge < -0.3 is 9.47 Å². The summed E-state index contributed by atoms with van der Waals surface area (Å²) in [6.45, 7) is 12.1. The van der Waals surface area contributed by atoms with E-state index in [0.717, 1.165) is 25.7 Å². The molecule has 0 spiro atoms. The molecular weight excluding hydrogens is 328 g/mol. The molecule has 0 radical (unpaired) electrons. The second-order valence-electron chi connectivity index (χ2n) is 6.28. The van der Waals surface area contributed by atoms with Gasteiger partial charge in [0.15, 0.2) is 0 Å². The van der Waals surface area contributed by atoms with E-state index < -0.39 is 0 Å². The number of carbonyl (C=O) groups excluding carboxylic acids is 2. The largest absolute Gasteiger partial charge is 0.463 e. The van der Waals surface area contributed by atoms with E-state index in [1.807, 2.05) is 0 Å². The Balaban J connectivity index is 0. The first-order chi connectivity index (χ1) is 12.6. The van der Waals surface area contributed by atoms with Gasteiger partial charge in [0.1, 0.15) is 0 Å². The van der Waals surface area contributed by atoms with Gasteiger partial charge in [-0.1, -0.05) is 91.2 Å². The van der Waals surface area contributed by atoms with Gasteiger partial charge in [0, 0.05) is 12.2 Å². The molecule has 0 aromatic heterocycles. The summed E-state index contributed by atoms with van der Waals surface area (Å²) in [5.74, 6) is -0.626. The zero-order valence-corrected chi connectivity index (χ0v) is 17.1. The van der Waals surface area contributed by atoms with Crippen LogP contribution in [0.25, 0.3) is 0 Å². The minimum absolute atomic E-state index is 0.307. The van der Waals surface area contributed by atoms with E-state index in [2.05, 4.69) is 27.0 Å². The Hall–Kier alpha value is -1.58. The third-order valence-electron chi connectivity index (χ3n) is 3.82. The van der Waals surface area contributed by atoms with E-state index in [9.17, 15) is 9.59 Å². The maximum Gasteiger partial charge on any atom is 0.330 e. The SMILES string of the molecule is C=CC(=O)OCCCCCC.C=CC(=O)OCCCCCCCCCC. The molecule has 0 rings (SSSR count). The predicted molar refractivity (Wildman–Crippen MR) is 109 cm³/mol. The van der Waals surface area contributed by atoms with Crippen LogP contribution in [0.15, 0.2) is 25.3 Å². The lowest BCUT2D eigenvalue weighted by Gasteiger charge is -2.02. The molecule has 4 nitrogen and oxygen atoms in total. The van der Waals surface area contributed by atoms with Crippen LogP contribution in [0.2, 0.25) is 0 Å². The summed E-state index contributed by atoms with van der Waals surface area (Å²) in [7, 11) is 0. The zero-order chi connectivity index (χ0) is 19.9. The molecule has 0 aliphatic carbocycles. The van der Waals surface area contributed by atoms with E-state index >= 15 is 0 Å². The van der Waals surface area contributed by atoms with Crippen molar-refractivity contribution >= 4 is 11.9 Å². The highest BCUT2D eigenvalue weighted by atomic mass is 16.5. The molecule has 0 aliphatic rings. The number of esters is 2. The molecule has 0 bridgehead atoms. The van der Waals surface area contributed by atoms with Gasteiger partial charge in [-0.05, 0) is 12.8 Å². The molecule has 0 saturated heterocycles. The van der Waals surface area contributed by atoms with E-state index in [4.69, 9.17) is 9.47 Å². The van der Waals surface area contributed by atoms with Crippen molar-refractivity contribution in [1.29, 1.82) is 0 Å². The average Bonchev–Trinajstić information content (AvgIpc) is 2.66. The summed E-state index contributed by atoms with van der Waals surface area (Å²) in [5, 5.41) is 0. The smallest absolute Gasteiger partial charge is 0.330 e. The fourth-order valence-electron chi connectivity index (χ4n) is 2.23. The van der Waals surface area contributed by atoms with Gasteiger partial charge in [-0.2, -0.15) is 0 Å². The third kappa shape index (κ3) is 24.7. The Kier molecular flexibility index (Phi) is 24.0. The van der Waals surface area contributed by atoms with Crippen molar-refractivity contribution in [3.05, 3.63) is 25.3 Å². The van der Waals surface area contributed by atoms with Crippen LogP contribution in [-0.4, -0.2) is 25.2 Å². The zero-order valence-electron chi connectivity index (χ0n) is 17.1. The molecule has 0 aromatic rings. The standard InChI is InChI=1S/C13H24O2.C9H16O2/c1-3-5-6-7-8-9-10-11-12-15-13(14)4-2;1-3-5-6-7-8-11-9(10)4-2/h4H,2-3,5-12H2,1H3;4H,2-3,5-8H2,1H3. The molecule has 0 aliphatic heterocycles. The van der Waals surface area contributed by atoms with Gasteiger partial charge in [0.05, 0.1) is 13.2 Å². The summed E-state index contributed by atoms with van der Waals surface area (Å²) < 4.78 is 9.66. The normalized spacial score (nSPS) is 9.62. The van der Waals surface area contributed by atoms with Crippen LogP contribution in [0, 0.1) is 0 Å². The lowest BCUT2D eigenvalue weighted by atomic mass is 10.1. The second-order valence-corrected chi connectivity index (χ2v) is 6.28. The number of carbonyl (C=O) groups is 2. The van der Waals surface area contributed by atoms with Gasteiger partial charge in [-0.25, -0.2) is 9.59 Å². The van der Waals surface area contributed by atoms with Crippen molar-refractivity contribution in [2.75, 3.05) is 13.2 Å². The number of hydrogen-bond donors (Lipinski definition) is 0. The Morgan fingerprint density at radius 1 is 0.615 bits per heavy atom.